The van der Waals surface area contributed by atoms with Gasteiger partial charge in [-0.2, -0.15) is 0 Å². The van der Waals surface area contributed by atoms with E-state index >= 15 is 0 Å². The zero-order chi connectivity index (χ0) is 30.9. The number of nitrogens with zero attached hydrogens (tertiary/aromatic N) is 4. The second kappa shape index (κ2) is 12.4. The summed E-state index contributed by atoms with van der Waals surface area (Å²) in [4.78, 5) is 9.35. The number of anilines is 2. The molecule has 2 atom stereocenters. The monoisotopic (exact) mass is 615 g/mol. The van der Waals surface area contributed by atoms with Gasteiger partial charge in [-0.05, 0) is 117 Å². The fourth-order valence-electron chi connectivity index (χ4n) is 6.48. The van der Waals surface area contributed by atoms with Gasteiger partial charge in [-0.15, -0.1) is 0 Å². The van der Waals surface area contributed by atoms with Gasteiger partial charge in [0, 0.05) is 47.7 Å². The number of rotatable bonds is 7. The largest absolute Gasteiger partial charge is 0.457 e. The van der Waals surface area contributed by atoms with E-state index in [1.807, 2.05) is 42.6 Å². The molecule has 3 aromatic carbocycles. The van der Waals surface area contributed by atoms with Crippen molar-refractivity contribution in [3.63, 3.8) is 0 Å². The molecule has 8 heteroatoms. The van der Waals surface area contributed by atoms with Crippen LogP contribution in [0.1, 0.15) is 40.3 Å². The van der Waals surface area contributed by atoms with E-state index in [1.165, 1.54) is 28.2 Å². The molecule has 0 radical (unpaired) electrons. The number of nitrogens with one attached hydrogen (secondary N) is 1. The van der Waals surface area contributed by atoms with E-state index in [0.717, 1.165) is 54.9 Å². The molecule has 2 aliphatic heterocycles. The minimum atomic E-state index is -0.125. The summed E-state index contributed by atoms with van der Waals surface area (Å²) in [6, 6.07) is 33.2. The molecule has 45 heavy (non-hydrogen) atoms. The summed E-state index contributed by atoms with van der Waals surface area (Å²) in [5.41, 5.74) is 9.05. The highest BCUT2D eigenvalue weighted by molar-refractivity contribution is 7.80. The van der Waals surface area contributed by atoms with E-state index in [2.05, 4.69) is 101 Å². The van der Waals surface area contributed by atoms with Crippen molar-refractivity contribution in [1.29, 1.82) is 0 Å². The molecule has 1 N–H and O–H groups in total. The first-order valence-corrected chi connectivity index (χ1v) is 15.8. The molecule has 5 aromatic rings. The van der Waals surface area contributed by atoms with Crippen molar-refractivity contribution >= 4 is 28.7 Å². The summed E-state index contributed by atoms with van der Waals surface area (Å²) in [6.07, 6.45) is 1.84. The maximum atomic E-state index is 6.12. The van der Waals surface area contributed by atoms with Crippen molar-refractivity contribution in [2.75, 3.05) is 36.1 Å². The quantitative estimate of drug-likeness (QED) is 0.189. The van der Waals surface area contributed by atoms with Crippen molar-refractivity contribution in [3.8, 4) is 17.2 Å². The van der Waals surface area contributed by atoms with Gasteiger partial charge in [0.2, 0.25) is 0 Å². The minimum Gasteiger partial charge on any atom is -0.457 e. The van der Waals surface area contributed by atoms with Crippen LogP contribution in [-0.2, 0) is 4.74 Å². The molecule has 2 fully saturated rings. The maximum absolute atomic E-state index is 6.12. The van der Waals surface area contributed by atoms with E-state index in [-0.39, 0.29) is 12.1 Å². The Morgan fingerprint density at radius 1 is 0.800 bits per heavy atom. The molecule has 2 saturated heterocycles. The Hall–Kier alpha value is -4.66. The Bertz CT molecular complexity index is 1780. The van der Waals surface area contributed by atoms with E-state index in [9.17, 15) is 0 Å². The molecule has 7 rings (SSSR count). The topological polar surface area (TPSA) is 54.8 Å². The second-order valence-corrected chi connectivity index (χ2v) is 12.1. The summed E-state index contributed by atoms with van der Waals surface area (Å²) in [5.74, 6) is 1.59. The number of morpholine rings is 1. The number of pyridine rings is 1. The third-order valence-corrected chi connectivity index (χ3v) is 9.06. The summed E-state index contributed by atoms with van der Waals surface area (Å²) < 4.78 is 14.0. The highest BCUT2D eigenvalue weighted by Gasteiger charge is 2.42. The molecule has 2 aromatic heterocycles. The molecule has 7 nitrogen and oxygen atoms in total. The Kier molecular flexibility index (Phi) is 8.00. The van der Waals surface area contributed by atoms with Crippen molar-refractivity contribution in [1.82, 2.24) is 14.9 Å². The molecule has 2 aliphatic rings. The lowest BCUT2D eigenvalue weighted by Crippen LogP contribution is -2.36. The van der Waals surface area contributed by atoms with Crippen LogP contribution in [0, 0.1) is 20.8 Å². The summed E-state index contributed by atoms with van der Waals surface area (Å²) >= 11 is 6.01. The smallest absolute Gasteiger partial charge is 0.174 e. The predicted octanol–water partition coefficient (Wildman–Crippen LogP) is 7.60. The van der Waals surface area contributed by atoms with Gasteiger partial charge in [0.05, 0.1) is 31.0 Å². The first-order chi connectivity index (χ1) is 22.0. The Labute approximate surface area is 270 Å². The molecule has 0 spiro atoms. The van der Waals surface area contributed by atoms with Gasteiger partial charge in [-0.3, -0.25) is 4.98 Å². The molecule has 0 aliphatic carbocycles. The van der Waals surface area contributed by atoms with Crippen molar-refractivity contribution < 1.29 is 9.47 Å². The third kappa shape index (κ3) is 5.79. The summed E-state index contributed by atoms with van der Waals surface area (Å²) in [7, 11) is 0. The lowest BCUT2D eigenvalue weighted by Gasteiger charge is -2.29. The van der Waals surface area contributed by atoms with E-state index in [1.54, 1.807) is 0 Å². The lowest BCUT2D eigenvalue weighted by atomic mass is 9.96. The van der Waals surface area contributed by atoms with E-state index < -0.39 is 0 Å². The van der Waals surface area contributed by atoms with Crippen LogP contribution in [-0.4, -0.2) is 41.0 Å². The van der Waals surface area contributed by atoms with Gasteiger partial charge in [-0.1, -0.05) is 23.8 Å². The van der Waals surface area contributed by atoms with Gasteiger partial charge in [-0.25, -0.2) is 0 Å². The molecule has 0 saturated carbocycles. The van der Waals surface area contributed by atoms with E-state index in [0.29, 0.717) is 5.11 Å². The van der Waals surface area contributed by atoms with Crippen LogP contribution in [0.5, 0.6) is 11.5 Å². The Balaban J connectivity index is 1.23. The fraction of sp³-hybridized carbons (Fsp3) is 0.243. The first-order valence-electron chi connectivity index (χ1n) is 15.4. The lowest BCUT2D eigenvalue weighted by molar-refractivity contribution is 0.122. The summed E-state index contributed by atoms with van der Waals surface area (Å²) in [5, 5.41) is 4.27. The number of thiocarbonyl (C=S) groups is 1. The zero-order valence-electron chi connectivity index (χ0n) is 25.8. The van der Waals surface area contributed by atoms with Gasteiger partial charge in [0.1, 0.15) is 11.5 Å². The Morgan fingerprint density at radius 3 is 2.11 bits per heavy atom. The highest BCUT2D eigenvalue weighted by atomic mass is 32.1. The highest BCUT2D eigenvalue weighted by Crippen LogP contribution is 2.44. The molecule has 0 unspecified atom stereocenters. The van der Waals surface area contributed by atoms with Gasteiger partial charge < -0.3 is 29.2 Å². The van der Waals surface area contributed by atoms with Crippen LogP contribution >= 0.6 is 12.2 Å². The van der Waals surface area contributed by atoms with Crippen LogP contribution in [0.25, 0.3) is 5.69 Å². The van der Waals surface area contributed by atoms with Crippen LogP contribution in [0.4, 0.5) is 11.4 Å². The van der Waals surface area contributed by atoms with Gasteiger partial charge in [0.25, 0.3) is 0 Å². The number of aromatic nitrogens is 2. The number of aryl methyl sites for hydroxylation is 2. The number of benzene rings is 3. The number of ether oxygens (including phenoxy) is 2. The van der Waals surface area contributed by atoms with Crippen LogP contribution in [0.15, 0.2) is 103 Å². The zero-order valence-corrected chi connectivity index (χ0v) is 26.6. The normalized spacial score (nSPS) is 18.2. The maximum Gasteiger partial charge on any atom is 0.174 e. The van der Waals surface area contributed by atoms with Crippen LogP contribution in [0.2, 0.25) is 0 Å². The average Bonchev–Trinajstić information content (AvgIpc) is 3.57. The van der Waals surface area contributed by atoms with Crippen molar-refractivity contribution in [2.45, 2.75) is 32.9 Å². The van der Waals surface area contributed by atoms with Crippen molar-refractivity contribution in [2.24, 2.45) is 0 Å². The average molecular weight is 616 g/mol. The number of hydrogen-bond acceptors (Lipinski definition) is 5. The first kappa shape index (κ1) is 29.1. The second-order valence-electron chi connectivity index (χ2n) is 11.7. The van der Waals surface area contributed by atoms with E-state index in [4.69, 9.17) is 26.7 Å². The standard InChI is InChI=1S/C37H37N5O2S/c1-25-7-15-31(16-8-25)44-32-17-13-30(14-18-32)42-36(35(39-37(42)45)34-6-4-5-19-38-34)33-24-26(2)41(27(33)3)29-11-9-28(10-12-29)40-20-22-43-23-21-40/h4-19,24,35-36H,20-23H2,1-3H3,(H,39,45)/t35-,36+/m1/s1. The van der Waals surface area contributed by atoms with Crippen LogP contribution < -0.4 is 19.9 Å². The SMILES string of the molecule is Cc1ccc(Oc2ccc(N3C(=S)N[C@H](c4ccccn4)[C@@H]3c3cc(C)n(-c4ccc(N5CCOCC5)cc4)c3C)cc2)cc1. The number of hydrogen-bond donors (Lipinski definition) is 1. The fourth-order valence-corrected chi connectivity index (χ4v) is 6.83. The predicted molar refractivity (Wildman–Crippen MR) is 184 cm³/mol. The molecule has 228 valence electrons. The van der Waals surface area contributed by atoms with Gasteiger partial charge >= 0.3 is 0 Å². The molecule has 0 amide bonds. The third-order valence-electron chi connectivity index (χ3n) is 8.74. The van der Waals surface area contributed by atoms with Crippen molar-refractivity contribution in [3.05, 3.63) is 131 Å². The van der Waals surface area contributed by atoms with Crippen LogP contribution in [0.3, 0.4) is 0 Å². The molecular formula is C37H37N5O2S. The minimum absolute atomic E-state index is 0.108. The van der Waals surface area contributed by atoms with Gasteiger partial charge in [0.15, 0.2) is 5.11 Å². The summed E-state index contributed by atoms with van der Waals surface area (Å²) in [6.45, 7) is 9.83. The molecular weight excluding hydrogens is 579 g/mol. The molecule has 0 bridgehead atoms. The Morgan fingerprint density at radius 2 is 1.44 bits per heavy atom. The molecule has 4 heterocycles.